The van der Waals surface area contributed by atoms with Gasteiger partial charge >= 0.3 is 0 Å². The fourth-order valence-corrected chi connectivity index (χ4v) is 8.17. The minimum atomic E-state index is -3.59. The highest BCUT2D eigenvalue weighted by atomic mass is 35.5. The highest BCUT2D eigenvalue weighted by Crippen LogP contribution is 2.56. The molecule has 0 radical (unpaired) electrons. The number of nitrogens with one attached hydrogen (secondary N) is 3. The molecule has 0 spiro atoms. The first kappa shape index (κ1) is 22.4. The molecule has 170 valence electrons. The van der Waals surface area contributed by atoms with E-state index in [0.717, 1.165) is 19.3 Å². The summed E-state index contributed by atoms with van der Waals surface area (Å²) in [6.45, 7) is 0. The lowest BCUT2D eigenvalue weighted by Gasteiger charge is -2.56. The van der Waals surface area contributed by atoms with E-state index in [1.165, 1.54) is 19.3 Å². The summed E-state index contributed by atoms with van der Waals surface area (Å²) in [5.41, 5.74) is 1.01. The second-order valence-electron chi connectivity index (χ2n) is 9.53. The smallest absolute Gasteiger partial charge is 0.241 e. The summed E-state index contributed by atoms with van der Waals surface area (Å²) in [6, 6.07) is 11.7. The molecule has 0 aliphatic heterocycles. The molecule has 6 rings (SSSR count). The maximum atomic E-state index is 13.2. The van der Waals surface area contributed by atoms with Gasteiger partial charge in [0.1, 0.15) is 0 Å². The van der Waals surface area contributed by atoms with Crippen LogP contribution in [0.15, 0.2) is 47.4 Å². The van der Waals surface area contributed by atoms with Gasteiger partial charge in [0, 0.05) is 16.2 Å². The van der Waals surface area contributed by atoms with Gasteiger partial charge in [-0.05, 0) is 111 Å². The minimum absolute atomic E-state index is 0.258. The van der Waals surface area contributed by atoms with Gasteiger partial charge in [-0.3, -0.25) is 0 Å². The van der Waals surface area contributed by atoms with Gasteiger partial charge in [0.2, 0.25) is 10.0 Å². The lowest BCUT2D eigenvalue weighted by atomic mass is 9.53. The molecule has 4 saturated carbocycles. The molecule has 9 heteroatoms. The number of sulfonamides is 1. The third kappa shape index (κ3) is 4.64. The Labute approximate surface area is 204 Å². The number of thiocarbonyl (C=S) groups is 1. The van der Waals surface area contributed by atoms with Crippen molar-refractivity contribution in [3.8, 4) is 0 Å². The molecule has 2 aromatic carbocycles. The van der Waals surface area contributed by atoms with Gasteiger partial charge in [-0.15, -0.1) is 0 Å². The Bertz CT molecular complexity index is 1120. The first-order chi connectivity index (χ1) is 15.2. The fraction of sp³-hybridized carbons (Fsp3) is 0.435. The quantitative estimate of drug-likeness (QED) is 0.428. The summed E-state index contributed by atoms with van der Waals surface area (Å²) >= 11 is 17.5. The number of halogens is 2. The van der Waals surface area contributed by atoms with Gasteiger partial charge in [0.25, 0.3) is 0 Å². The largest absolute Gasteiger partial charge is 0.332 e. The van der Waals surface area contributed by atoms with Crippen molar-refractivity contribution in [3.05, 3.63) is 52.5 Å². The molecule has 0 aromatic heterocycles. The second-order valence-corrected chi connectivity index (χ2v) is 12.5. The maximum Gasteiger partial charge on any atom is 0.241 e. The van der Waals surface area contributed by atoms with Crippen LogP contribution in [-0.4, -0.2) is 19.1 Å². The van der Waals surface area contributed by atoms with Gasteiger partial charge in [-0.25, -0.2) is 13.1 Å². The topological polar surface area (TPSA) is 70.2 Å². The lowest BCUT2D eigenvalue weighted by Crippen LogP contribution is -2.59. The molecular formula is C23H25Cl2N3O2S2. The number of rotatable bonds is 5. The van der Waals surface area contributed by atoms with E-state index in [1.807, 2.05) is 0 Å². The maximum absolute atomic E-state index is 13.2. The van der Waals surface area contributed by atoms with E-state index in [-0.39, 0.29) is 10.4 Å². The van der Waals surface area contributed by atoms with Gasteiger partial charge in [-0.2, -0.15) is 0 Å². The van der Waals surface area contributed by atoms with E-state index < -0.39 is 10.0 Å². The van der Waals surface area contributed by atoms with Crippen molar-refractivity contribution in [3.63, 3.8) is 0 Å². The Morgan fingerprint density at radius 2 is 1.50 bits per heavy atom. The summed E-state index contributed by atoms with van der Waals surface area (Å²) < 4.78 is 29.4. The number of hydrogen-bond donors (Lipinski definition) is 3. The summed E-state index contributed by atoms with van der Waals surface area (Å²) in [4.78, 5) is 0.274. The van der Waals surface area contributed by atoms with E-state index in [9.17, 15) is 8.42 Å². The fourth-order valence-electron chi connectivity index (χ4n) is 6.17. The first-order valence-corrected chi connectivity index (χ1v) is 13.5. The Morgan fingerprint density at radius 1 is 0.906 bits per heavy atom. The normalized spacial score (nSPS) is 28.5. The second kappa shape index (κ2) is 8.44. The highest BCUT2D eigenvalue weighted by Gasteiger charge is 2.52. The first-order valence-electron chi connectivity index (χ1n) is 10.9. The molecule has 0 atom stereocenters. The molecule has 4 aliphatic rings. The van der Waals surface area contributed by atoms with E-state index in [1.54, 1.807) is 42.5 Å². The minimum Gasteiger partial charge on any atom is -0.332 e. The molecule has 4 aliphatic carbocycles. The molecule has 0 amide bonds. The van der Waals surface area contributed by atoms with Crippen molar-refractivity contribution in [2.24, 2.45) is 17.8 Å². The van der Waals surface area contributed by atoms with Crippen LogP contribution in [0.4, 0.5) is 11.4 Å². The standard InChI is InChI=1S/C23H25Cl2N3O2S2/c24-17-1-6-20(25)21(10-17)27-22(31)26-18-2-4-19(5-3-18)32(29,30)28-23-11-14-7-15(12-23)9-16(8-14)13-23/h1-6,10,14-16,28H,7-9,11-13H2,(H2,26,27,31). The molecule has 4 bridgehead atoms. The molecule has 2 aromatic rings. The monoisotopic (exact) mass is 509 g/mol. The zero-order chi connectivity index (χ0) is 22.5. The summed E-state index contributed by atoms with van der Waals surface area (Å²) in [6.07, 6.45) is 6.75. The number of benzene rings is 2. The van der Waals surface area contributed by atoms with Crippen molar-refractivity contribution >= 4 is 61.9 Å². The van der Waals surface area contributed by atoms with Crippen LogP contribution in [-0.2, 0) is 10.0 Å². The van der Waals surface area contributed by atoms with Crippen molar-refractivity contribution in [2.75, 3.05) is 10.6 Å². The van der Waals surface area contributed by atoms with Crippen LogP contribution in [0, 0.1) is 17.8 Å². The summed E-state index contributed by atoms with van der Waals surface area (Å²) in [5.74, 6) is 2.03. The highest BCUT2D eigenvalue weighted by molar-refractivity contribution is 7.89. The molecule has 0 unspecified atom stereocenters. The molecule has 4 fully saturated rings. The van der Waals surface area contributed by atoms with Crippen molar-refractivity contribution in [2.45, 2.75) is 49.0 Å². The zero-order valence-electron chi connectivity index (χ0n) is 17.4. The molecule has 32 heavy (non-hydrogen) atoms. The van der Waals surface area contributed by atoms with Crippen LogP contribution in [0.2, 0.25) is 10.0 Å². The molecular weight excluding hydrogens is 485 g/mol. The van der Waals surface area contributed by atoms with Gasteiger partial charge in [0.05, 0.1) is 15.6 Å². The Hall–Kier alpha value is -1.38. The third-order valence-corrected chi connectivity index (χ3v) is 9.35. The molecule has 5 nitrogen and oxygen atoms in total. The predicted octanol–water partition coefficient (Wildman–Crippen LogP) is 6.05. The van der Waals surface area contributed by atoms with Crippen LogP contribution >= 0.6 is 35.4 Å². The Morgan fingerprint density at radius 3 is 2.09 bits per heavy atom. The van der Waals surface area contributed by atoms with Gasteiger partial charge in [-0.1, -0.05) is 23.2 Å². The van der Waals surface area contributed by atoms with Crippen LogP contribution in [0.25, 0.3) is 0 Å². The van der Waals surface area contributed by atoms with E-state index in [2.05, 4.69) is 15.4 Å². The summed E-state index contributed by atoms with van der Waals surface area (Å²) in [5, 5.41) is 7.42. The zero-order valence-corrected chi connectivity index (χ0v) is 20.5. The van der Waals surface area contributed by atoms with E-state index in [4.69, 9.17) is 35.4 Å². The average Bonchev–Trinajstić information content (AvgIpc) is 2.69. The van der Waals surface area contributed by atoms with E-state index >= 15 is 0 Å². The molecule has 0 saturated heterocycles. The lowest BCUT2D eigenvalue weighted by molar-refractivity contribution is -0.00810. The predicted molar refractivity (Wildman–Crippen MR) is 134 cm³/mol. The van der Waals surface area contributed by atoms with Crippen LogP contribution in [0.1, 0.15) is 38.5 Å². The summed E-state index contributed by atoms with van der Waals surface area (Å²) in [7, 11) is -3.59. The Balaban J connectivity index is 1.25. The van der Waals surface area contributed by atoms with Crippen molar-refractivity contribution < 1.29 is 8.42 Å². The van der Waals surface area contributed by atoms with Crippen molar-refractivity contribution in [1.82, 2.24) is 4.72 Å². The Kier molecular flexibility index (Phi) is 5.91. The number of hydrogen-bond acceptors (Lipinski definition) is 3. The van der Waals surface area contributed by atoms with Crippen LogP contribution < -0.4 is 15.4 Å². The third-order valence-electron chi connectivity index (χ3n) is 6.99. The van der Waals surface area contributed by atoms with Gasteiger partial charge in [0.15, 0.2) is 5.11 Å². The SMILES string of the molecule is O=S(=O)(NC12CC3CC(CC(C3)C1)C2)c1ccc(NC(=S)Nc2cc(Cl)ccc2Cl)cc1. The molecule has 0 heterocycles. The van der Waals surface area contributed by atoms with Crippen molar-refractivity contribution in [1.29, 1.82) is 0 Å². The van der Waals surface area contributed by atoms with Gasteiger partial charge < -0.3 is 10.6 Å². The molecule has 3 N–H and O–H groups in total. The number of anilines is 2. The van der Waals surface area contributed by atoms with E-state index in [0.29, 0.717) is 44.3 Å². The van der Waals surface area contributed by atoms with Crippen LogP contribution in [0.3, 0.4) is 0 Å². The average molecular weight is 511 g/mol. The van der Waals surface area contributed by atoms with Crippen LogP contribution in [0.5, 0.6) is 0 Å².